The number of carbonyl (C=O) groups excluding carboxylic acids is 2. The Bertz CT molecular complexity index is 977. The van der Waals surface area contributed by atoms with Crippen molar-refractivity contribution in [2.45, 2.75) is 26.4 Å². The molecule has 1 atom stereocenters. The number of carbonyl (C=O) groups is 2. The lowest BCUT2D eigenvalue weighted by molar-refractivity contribution is -0.152. The zero-order valence-electron chi connectivity index (χ0n) is 15.5. The number of esters is 1. The summed E-state index contributed by atoms with van der Waals surface area (Å²) in [5.41, 5.74) is 3.32. The summed E-state index contributed by atoms with van der Waals surface area (Å²) in [6, 6.07) is 13.2. The summed E-state index contributed by atoms with van der Waals surface area (Å²) in [6.45, 7) is 3.46. The fourth-order valence-corrected chi connectivity index (χ4v) is 2.88. The van der Waals surface area contributed by atoms with Crippen LogP contribution >= 0.6 is 0 Å². The zero-order chi connectivity index (χ0) is 19.4. The number of rotatable bonds is 6. The SMILES string of the molecule is COc1ccc(C)cc1NC(=O)C(C)OC(=O)Cc1c[nH]c2ccccc12. The van der Waals surface area contributed by atoms with Gasteiger partial charge in [0.05, 0.1) is 19.2 Å². The van der Waals surface area contributed by atoms with E-state index in [1.165, 1.54) is 7.11 Å². The van der Waals surface area contributed by atoms with E-state index in [0.29, 0.717) is 11.4 Å². The lowest BCUT2D eigenvalue weighted by Crippen LogP contribution is -2.30. The molecule has 0 fully saturated rings. The Labute approximate surface area is 157 Å². The molecule has 0 saturated carbocycles. The van der Waals surface area contributed by atoms with Crippen molar-refractivity contribution in [2.75, 3.05) is 12.4 Å². The molecule has 0 aliphatic heterocycles. The van der Waals surface area contributed by atoms with Crippen LogP contribution in [0.3, 0.4) is 0 Å². The number of aromatic amines is 1. The molecule has 0 aliphatic rings. The quantitative estimate of drug-likeness (QED) is 0.653. The van der Waals surface area contributed by atoms with E-state index in [9.17, 15) is 9.59 Å². The summed E-state index contributed by atoms with van der Waals surface area (Å²) in [5.74, 6) is -0.323. The van der Waals surface area contributed by atoms with Gasteiger partial charge >= 0.3 is 5.97 Å². The normalized spacial score (nSPS) is 11.8. The summed E-state index contributed by atoms with van der Waals surface area (Å²) in [4.78, 5) is 27.8. The highest BCUT2D eigenvalue weighted by Gasteiger charge is 2.20. The van der Waals surface area contributed by atoms with Crippen LogP contribution in [-0.4, -0.2) is 30.1 Å². The summed E-state index contributed by atoms with van der Waals surface area (Å²) < 4.78 is 10.6. The standard InChI is InChI=1S/C21H22N2O4/c1-13-8-9-19(26-3)18(10-13)23-21(25)14(2)27-20(24)11-15-12-22-17-7-5-4-6-16(15)17/h4-10,12,14,22H,11H2,1-3H3,(H,23,25). The molecule has 6 nitrogen and oxygen atoms in total. The monoisotopic (exact) mass is 366 g/mol. The van der Waals surface area contributed by atoms with Crippen LogP contribution in [0, 0.1) is 6.92 Å². The molecule has 0 radical (unpaired) electrons. The van der Waals surface area contributed by atoms with Crippen molar-refractivity contribution >= 4 is 28.5 Å². The first-order chi connectivity index (χ1) is 13.0. The predicted octanol–water partition coefficient (Wildman–Crippen LogP) is 3.60. The molecule has 3 aromatic rings. The largest absolute Gasteiger partial charge is 0.495 e. The van der Waals surface area contributed by atoms with Crippen LogP contribution in [0.4, 0.5) is 5.69 Å². The average molecular weight is 366 g/mol. The molecule has 0 aliphatic carbocycles. The van der Waals surface area contributed by atoms with E-state index in [1.807, 2.05) is 37.3 Å². The van der Waals surface area contributed by atoms with Gasteiger partial charge in [-0.3, -0.25) is 9.59 Å². The van der Waals surface area contributed by atoms with Crippen LogP contribution in [0.1, 0.15) is 18.1 Å². The smallest absolute Gasteiger partial charge is 0.311 e. The van der Waals surface area contributed by atoms with Gasteiger partial charge in [0.2, 0.25) is 0 Å². The number of aryl methyl sites for hydroxylation is 1. The van der Waals surface area contributed by atoms with Crippen molar-refractivity contribution in [3.8, 4) is 5.75 Å². The summed E-state index contributed by atoms with van der Waals surface area (Å²) >= 11 is 0. The number of benzene rings is 2. The maximum Gasteiger partial charge on any atom is 0.311 e. The minimum Gasteiger partial charge on any atom is -0.495 e. The second-order valence-electron chi connectivity index (χ2n) is 6.36. The second kappa shape index (κ2) is 7.95. The van der Waals surface area contributed by atoms with Gasteiger partial charge in [0.15, 0.2) is 6.10 Å². The molecule has 0 saturated heterocycles. The number of fused-ring (bicyclic) bond motifs is 1. The lowest BCUT2D eigenvalue weighted by Gasteiger charge is -2.15. The maximum absolute atomic E-state index is 12.4. The number of para-hydroxylation sites is 1. The fraction of sp³-hybridized carbons (Fsp3) is 0.238. The molecule has 1 aromatic heterocycles. The summed E-state index contributed by atoms with van der Waals surface area (Å²) in [6.07, 6.45) is 0.955. The summed E-state index contributed by atoms with van der Waals surface area (Å²) in [5, 5.41) is 3.72. The van der Waals surface area contributed by atoms with Crippen molar-refractivity contribution in [1.82, 2.24) is 4.98 Å². The molecule has 27 heavy (non-hydrogen) atoms. The molecular weight excluding hydrogens is 344 g/mol. The van der Waals surface area contributed by atoms with Crippen molar-refractivity contribution in [3.63, 3.8) is 0 Å². The number of anilines is 1. The van der Waals surface area contributed by atoms with Crippen LogP contribution in [0.5, 0.6) is 5.75 Å². The number of hydrogen-bond donors (Lipinski definition) is 2. The Morgan fingerprint density at radius 3 is 2.74 bits per heavy atom. The zero-order valence-corrected chi connectivity index (χ0v) is 15.5. The van der Waals surface area contributed by atoms with Gasteiger partial charge in [0.1, 0.15) is 5.75 Å². The number of methoxy groups -OCH3 is 1. The van der Waals surface area contributed by atoms with Gasteiger partial charge in [-0.2, -0.15) is 0 Å². The first-order valence-corrected chi connectivity index (χ1v) is 8.68. The van der Waals surface area contributed by atoms with E-state index in [4.69, 9.17) is 9.47 Å². The first kappa shape index (κ1) is 18.5. The van der Waals surface area contributed by atoms with E-state index < -0.39 is 18.0 Å². The van der Waals surface area contributed by atoms with E-state index in [2.05, 4.69) is 10.3 Å². The number of hydrogen-bond acceptors (Lipinski definition) is 4. The minimum absolute atomic E-state index is 0.0927. The van der Waals surface area contributed by atoms with Crippen molar-refractivity contribution in [3.05, 3.63) is 59.8 Å². The highest BCUT2D eigenvalue weighted by Crippen LogP contribution is 2.25. The maximum atomic E-state index is 12.4. The third-order valence-corrected chi connectivity index (χ3v) is 4.30. The molecule has 0 spiro atoms. The topological polar surface area (TPSA) is 80.4 Å². The Hall–Kier alpha value is -3.28. The van der Waals surface area contributed by atoms with Gasteiger partial charge in [-0.25, -0.2) is 0 Å². The molecule has 0 bridgehead atoms. The Balaban J connectivity index is 1.62. The van der Waals surface area contributed by atoms with Crippen molar-refractivity contribution in [2.24, 2.45) is 0 Å². The number of amides is 1. The van der Waals surface area contributed by atoms with Gasteiger partial charge in [0.25, 0.3) is 5.91 Å². The average Bonchev–Trinajstić information content (AvgIpc) is 3.05. The van der Waals surface area contributed by atoms with Gasteiger partial charge in [-0.05, 0) is 43.2 Å². The van der Waals surface area contributed by atoms with E-state index in [1.54, 1.807) is 25.3 Å². The van der Waals surface area contributed by atoms with Gasteiger partial charge in [-0.15, -0.1) is 0 Å². The Morgan fingerprint density at radius 1 is 1.19 bits per heavy atom. The van der Waals surface area contributed by atoms with Gasteiger partial charge in [0, 0.05) is 17.1 Å². The molecule has 140 valence electrons. The Morgan fingerprint density at radius 2 is 1.96 bits per heavy atom. The van der Waals surface area contributed by atoms with E-state index in [-0.39, 0.29) is 6.42 Å². The number of nitrogens with one attached hydrogen (secondary N) is 2. The molecule has 3 rings (SSSR count). The minimum atomic E-state index is -0.923. The first-order valence-electron chi connectivity index (χ1n) is 8.68. The number of H-pyrrole nitrogens is 1. The van der Waals surface area contributed by atoms with E-state index >= 15 is 0 Å². The number of ether oxygens (including phenoxy) is 2. The molecular formula is C21H22N2O4. The highest BCUT2D eigenvalue weighted by atomic mass is 16.5. The molecule has 2 N–H and O–H groups in total. The van der Waals surface area contributed by atoms with Crippen molar-refractivity contribution < 1.29 is 19.1 Å². The molecule has 2 aromatic carbocycles. The van der Waals surface area contributed by atoms with Crippen LogP contribution in [0.15, 0.2) is 48.7 Å². The van der Waals surface area contributed by atoms with Crippen molar-refractivity contribution in [1.29, 1.82) is 0 Å². The number of aromatic nitrogens is 1. The van der Waals surface area contributed by atoms with Crippen LogP contribution in [0.2, 0.25) is 0 Å². The fourth-order valence-electron chi connectivity index (χ4n) is 2.88. The summed E-state index contributed by atoms with van der Waals surface area (Å²) in [7, 11) is 1.53. The third kappa shape index (κ3) is 4.28. The Kier molecular flexibility index (Phi) is 5.45. The molecule has 6 heteroatoms. The van der Waals surface area contributed by atoms with Crippen LogP contribution < -0.4 is 10.1 Å². The highest BCUT2D eigenvalue weighted by molar-refractivity contribution is 5.96. The van der Waals surface area contributed by atoms with Crippen LogP contribution in [-0.2, 0) is 20.7 Å². The molecule has 1 amide bonds. The second-order valence-corrected chi connectivity index (χ2v) is 6.36. The van der Waals surface area contributed by atoms with Gasteiger partial charge in [-0.1, -0.05) is 24.3 Å². The van der Waals surface area contributed by atoms with Gasteiger partial charge < -0.3 is 19.8 Å². The predicted molar refractivity (Wildman–Crippen MR) is 104 cm³/mol. The lowest BCUT2D eigenvalue weighted by atomic mass is 10.1. The molecule has 1 unspecified atom stereocenters. The van der Waals surface area contributed by atoms with Crippen LogP contribution in [0.25, 0.3) is 10.9 Å². The molecule has 1 heterocycles. The third-order valence-electron chi connectivity index (χ3n) is 4.30. The van der Waals surface area contributed by atoms with E-state index in [0.717, 1.165) is 22.0 Å².